The molecule has 178 valence electrons. The van der Waals surface area contributed by atoms with Crippen LogP contribution in [0.4, 0.5) is 16.2 Å². The van der Waals surface area contributed by atoms with Gasteiger partial charge in [0, 0.05) is 18.7 Å². The highest BCUT2D eigenvalue weighted by Crippen LogP contribution is 2.34. The summed E-state index contributed by atoms with van der Waals surface area (Å²) in [4.78, 5) is 32.5. The number of nitrogens with zero attached hydrogens (tertiary/aromatic N) is 4. The van der Waals surface area contributed by atoms with E-state index in [1.165, 1.54) is 4.90 Å². The number of benzene rings is 2. The molecule has 3 amide bonds. The molecule has 0 radical (unpaired) electrons. The number of rotatable bonds is 7. The molecule has 7 heteroatoms. The first kappa shape index (κ1) is 24.0. The van der Waals surface area contributed by atoms with Crippen molar-refractivity contribution in [3.05, 3.63) is 84.0 Å². The van der Waals surface area contributed by atoms with Crippen LogP contribution in [0.3, 0.4) is 0 Å². The number of imide groups is 1. The number of amides is 3. The maximum Gasteiger partial charge on any atom is 0.332 e. The molecule has 0 saturated carbocycles. The number of urea groups is 1. The van der Waals surface area contributed by atoms with E-state index in [2.05, 4.69) is 17.0 Å². The summed E-state index contributed by atoms with van der Waals surface area (Å²) in [7, 11) is 1.99. The Morgan fingerprint density at radius 1 is 1.00 bits per heavy atom. The van der Waals surface area contributed by atoms with Crippen molar-refractivity contribution >= 4 is 23.3 Å². The molecule has 1 fully saturated rings. The van der Waals surface area contributed by atoms with Gasteiger partial charge in [0.05, 0.1) is 18.9 Å². The molecule has 0 N–H and O–H groups in total. The minimum Gasteiger partial charge on any atom is -0.494 e. The van der Waals surface area contributed by atoms with Crippen LogP contribution in [0.5, 0.6) is 5.75 Å². The topological polar surface area (TPSA) is 58.1 Å². The second-order valence-corrected chi connectivity index (χ2v) is 9.20. The second kappa shape index (κ2) is 9.59. The van der Waals surface area contributed by atoms with Gasteiger partial charge in [0.1, 0.15) is 18.3 Å². The normalized spacial score (nSPS) is 14.8. The van der Waals surface area contributed by atoms with Crippen LogP contribution in [0.15, 0.2) is 67.0 Å². The standard InChI is InChI=1S/C28H29N4O3/c1-20-19-23(9-12-25(20)29-4)32-26(33)28(2,3)31(27(32)34)15-6-18-35-24-10-7-21(8-11-24)22-13-16-30(5)17-14-22/h7-14,16-17,19H,6,15,18H2,1-3,5H3/q+1. The lowest BCUT2D eigenvalue weighted by Crippen LogP contribution is -2.44. The highest BCUT2D eigenvalue weighted by molar-refractivity contribution is 6.23. The maximum atomic E-state index is 13.2. The molecular formula is C28H29N4O3+. The lowest BCUT2D eigenvalue weighted by atomic mass is 10.0. The third-order valence-electron chi connectivity index (χ3n) is 6.34. The van der Waals surface area contributed by atoms with Crippen LogP contribution in [-0.2, 0) is 11.8 Å². The number of aromatic nitrogens is 1. The highest BCUT2D eigenvalue weighted by Gasteiger charge is 2.51. The summed E-state index contributed by atoms with van der Waals surface area (Å²) in [6.45, 7) is 13.3. The Morgan fingerprint density at radius 3 is 2.29 bits per heavy atom. The molecule has 2 aromatic carbocycles. The summed E-state index contributed by atoms with van der Waals surface area (Å²) >= 11 is 0. The van der Waals surface area contributed by atoms with Crippen molar-refractivity contribution in [3.8, 4) is 16.9 Å². The summed E-state index contributed by atoms with van der Waals surface area (Å²) in [6.07, 6.45) is 4.61. The van der Waals surface area contributed by atoms with Gasteiger partial charge < -0.3 is 9.64 Å². The van der Waals surface area contributed by atoms with Gasteiger partial charge >= 0.3 is 6.03 Å². The molecule has 1 saturated heterocycles. The first-order valence-corrected chi connectivity index (χ1v) is 11.5. The van der Waals surface area contributed by atoms with Crippen molar-refractivity contribution in [2.45, 2.75) is 32.7 Å². The lowest BCUT2D eigenvalue weighted by molar-refractivity contribution is -0.671. The van der Waals surface area contributed by atoms with E-state index in [0.29, 0.717) is 30.9 Å². The molecule has 0 unspecified atom stereocenters. The van der Waals surface area contributed by atoms with Crippen LogP contribution in [0.25, 0.3) is 16.0 Å². The fraction of sp³-hybridized carbons (Fsp3) is 0.286. The molecule has 3 aromatic rings. The van der Waals surface area contributed by atoms with E-state index in [9.17, 15) is 9.59 Å². The fourth-order valence-corrected chi connectivity index (χ4v) is 4.19. The van der Waals surface area contributed by atoms with Crippen LogP contribution >= 0.6 is 0 Å². The number of ether oxygens (including phenoxy) is 1. The number of hydrogen-bond acceptors (Lipinski definition) is 3. The zero-order chi connectivity index (χ0) is 25.2. The minimum atomic E-state index is -0.961. The number of carbonyl (C=O) groups excluding carboxylic acids is 2. The van der Waals surface area contributed by atoms with Crippen molar-refractivity contribution in [2.75, 3.05) is 18.1 Å². The van der Waals surface area contributed by atoms with Gasteiger partial charge in [-0.2, -0.15) is 0 Å². The Kier molecular flexibility index (Phi) is 6.57. The number of aryl methyl sites for hydroxylation is 2. The van der Waals surface area contributed by atoms with E-state index >= 15 is 0 Å². The number of pyridine rings is 1. The molecule has 0 spiro atoms. The Morgan fingerprint density at radius 2 is 1.66 bits per heavy atom. The van der Waals surface area contributed by atoms with E-state index in [4.69, 9.17) is 11.3 Å². The summed E-state index contributed by atoms with van der Waals surface area (Å²) in [6, 6.07) is 16.7. The average molecular weight is 470 g/mol. The average Bonchev–Trinajstić information content (AvgIpc) is 3.01. The molecular weight excluding hydrogens is 440 g/mol. The van der Waals surface area contributed by atoms with Crippen molar-refractivity contribution < 1.29 is 18.9 Å². The van der Waals surface area contributed by atoms with E-state index in [1.807, 2.05) is 48.3 Å². The Bertz CT molecular complexity index is 1290. The van der Waals surface area contributed by atoms with Crippen molar-refractivity contribution in [2.24, 2.45) is 7.05 Å². The third kappa shape index (κ3) is 4.73. The van der Waals surface area contributed by atoms with Crippen LogP contribution in [0.2, 0.25) is 0 Å². The SMILES string of the molecule is [C-]#[N+]c1ccc(N2C(=O)N(CCCOc3ccc(-c4cc[n+](C)cc4)cc3)C(C)(C)C2=O)cc1C. The first-order valence-electron chi connectivity index (χ1n) is 11.5. The predicted molar refractivity (Wildman–Crippen MR) is 134 cm³/mol. The van der Waals surface area contributed by atoms with Gasteiger partial charge in [0.25, 0.3) is 5.91 Å². The highest BCUT2D eigenvalue weighted by atomic mass is 16.5. The molecule has 1 aliphatic heterocycles. The monoisotopic (exact) mass is 469 g/mol. The van der Waals surface area contributed by atoms with Gasteiger partial charge in [-0.25, -0.2) is 19.1 Å². The van der Waals surface area contributed by atoms with Crippen LogP contribution < -0.4 is 14.2 Å². The molecule has 0 bridgehead atoms. The first-order chi connectivity index (χ1) is 16.7. The Labute approximate surface area is 206 Å². The number of carbonyl (C=O) groups is 2. The van der Waals surface area contributed by atoms with Crippen molar-refractivity contribution in [1.82, 2.24) is 4.90 Å². The van der Waals surface area contributed by atoms with Gasteiger partial charge in [-0.15, -0.1) is 0 Å². The Balaban J connectivity index is 1.36. The van der Waals surface area contributed by atoms with Crippen LogP contribution in [-0.4, -0.2) is 35.5 Å². The molecule has 2 heterocycles. The van der Waals surface area contributed by atoms with Crippen molar-refractivity contribution in [1.29, 1.82) is 0 Å². The van der Waals surface area contributed by atoms with Crippen LogP contribution in [0.1, 0.15) is 25.8 Å². The molecule has 1 aliphatic rings. The summed E-state index contributed by atoms with van der Waals surface area (Å²) in [5, 5.41) is 0. The molecule has 4 rings (SSSR count). The maximum absolute atomic E-state index is 13.2. The zero-order valence-corrected chi connectivity index (χ0v) is 20.5. The molecule has 0 atom stereocenters. The molecule has 1 aromatic heterocycles. The fourth-order valence-electron chi connectivity index (χ4n) is 4.19. The van der Waals surface area contributed by atoms with E-state index < -0.39 is 5.54 Å². The van der Waals surface area contributed by atoms with Gasteiger partial charge in [0.15, 0.2) is 18.1 Å². The second-order valence-electron chi connectivity index (χ2n) is 9.20. The Hall–Kier alpha value is -4.18. The third-order valence-corrected chi connectivity index (χ3v) is 6.34. The molecule has 7 nitrogen and oxygen atoms in total. The van der Waals surface area contributed by atoms with E-state index in [1.54, 1.807) is 43.9 Å². The quantitative estimate of drug-likeness (QED) is 0.211. The molecule has 35 heavy (non-hydrogen) atoms. The van der Waals surface area contributed by atoms with Gasteiger partial charge in [-0.3, -0.25) is 4.79 Å². The number of hydrogen-bond donors (Lipinski definition) is 0. The van der Waals surface area contributed by atoms with Crippen molar-refractivity contribution in [3.63, 3.8) is 0 Å². The van der Waals surface area contributed by atoms with Gasteiger partial charge in [0.2, 0.25) is 0 Å². The zero-order valence-electron chi connectivity index (χ0n) is 20.5. The summed E-state index contributed by atoms with van der Waals surface area (Å²) in [5.74, 6) is 0.485. The van der Waals surface area contributed by atoms with E-state index in [0.717, 1.165) is 22.4 Å². The molecule has 0 aliphatic carbocycles. The minimum absolute atomic E-state index is 0.275. The summed E-state index contributed by atoms with van der Waals surface area (Å²) < 4.78 is 7.88. The predicted octanol–water partition coefficient (Wildman–Crippen LogP) is 5.05. The van der Waals surface area contributed by atoms with Gasteiger partial charge in [-0.05, 0) is 68.1 Å². The lowest BCUT2D eigenvalue weighted by Gasteiger charge is -2.27. The van der Waals surface area contributed by atoms with Crippen LogP contribution in [0, 0.1) is 13.5 Å². The smallest absolute Gasteiger partial charge is 0.332 e. The van der Waals surface area contributed by atoms with E-state index in [-0.39, 0.29) is 11.9 Å². The van der Waals surface area contributed by atoms with Gasteiger partial charge in [-0.1, -0.05) is 18.2 Å². The summed E-state index contributed by atoms with van der Waals surface area (Å²) in [5.41, 5.74) is 3.02. The largest absolute Gasteiger partial charge is 0.494 e. The number of anilines is 1.